The maximum atomic E-state index is 13.6. The zero-order valence-corrected chi connectivity index (χ0v) is 20.7. The predicted octanol–water partition coefficient (Wildman–Crippen LogP) is 4.27. The van der Waals surface area contributed by atoms with E-state index in [1.165, 1.54) is 0 Å². The van der Waals surface area contributed by atoms with Crippen molar-refractivity contribution < 1.29 is 14.3 Å². The molecule has 0 N–H and O–H groups in total. The zero-order valence-electron chi connectivity index (χ0n) is 20.7. The van der Waals surface area contributed by atoms with Gasteiger partial charge in [-0.15, -0.1) is 0 Å². The second kappa shape index (κ2) is 11.0. The van der Waals surface area contributed by atoms with Gasteiger partial charge in [0.1, 0.15) is 5.75 Å². The Morgan fingerprint density at radius 1 is 0.971 bits per heavy atom. The van der Waals surface area contributed by atoms with Crippen LogP contribution >= 0.6 is 0 Å². The smallest absolute Gasteiger partial charge is 0.227 e. The molecule has 1 fully saturated rings. The molecule has 1 saturated heterocycles. The first-order valence-corrected chi connectivity index (χ1v) is 12.5. The van der Waals surface area contributed by atoms with Gasteiger partial charge in [-0.05, 0) is 55.6 Å². The third-order valence-corrected chi connectivity index (χ3v) is 7.46. The van der Waals surface area contributed by atoms with Crippen molar-refractivity contribution in [2.24, 2.45) is 0 Å². The normalized spacial score (nSPS) is 21.4. The predicted molar refractivity (Wildman–Crippen MR) is 135 cm³/mol. The summed E-state index contributed by atoms with van der Waals surface area (Å²) >= 11 is 0. The Labute approximate surface area is 203 Å². The van der Waals surface area contributed by atoms with Crippen molar-refractivity contribution in [3.05, 3.63) is 59.7 Å². The number of nitrogens with zero attached hydrogens (tertiary/aromatic N) is 3. The van der Waals surface area contributed by atoms with Crippen LogP contribution in [0.4, 0.5) is 5.69 Å². The summed E-state index contributed by atoms with van der Waals surface area (Å²) in [6.07, 6.45) is 5.17. The fraction of sp³-hybridized carbons (Fsp3) is 0.500. The van der Waals surface area contributed by atoms with Gasteiger partial charge in [-0.25, -0.2) is 0 Å². The van der Waals surface area contributed by atoms with E-state index in [0.29, 0.717) is 44.6 Å². The van der Waals surface area contributed by atoms with E-state index in [1.54, 1.807) is 7.11 Å². The third kappa shape index (κ3) is 5.44. The summed E-state index contributed by atoms with van der Waals surface area (Å²) in [5, 5.41) is 0. The summed E-state index contributed by atoms with van der Waals surface area (Å²) in [4.78, 5) is 33.0. The second-order valence-electron chi connectivity index (χ2n) is 9.52. The van der Waals surface area contributed by atoms with Gasteiger partial charge in [-0.1, -0.05) is 43.7 Å². The number of carbonyl (C=O) groups excluding carboxylic acids is 2. The number of hydrogen-bond donors (Lipinski definition) is 0. The van der Waals surface area contributed by atoms with Crippen molar-refractivity contribution in [1.29, 1.82) is 0 Å². The summed E-state index contributed by atoms with van der Waals surface area (Å²) in [6.45, 7) is 3.85. The number of methoxy groups -OCH3 is 1. The monoisotopic (exact) mass is 463 g/mol. The van der Waals surface area contributed by atoms with Crippen molar-refractivity contribution in [3.63, 3.8) is 0 Å². The molecule has 0 radical (unpaired) electrons. The summed E-state index contributed by atoms with van der Waals surface area (Å²) in [5.41, 5.74) is 2.95. The highest BCUT2D eigenvalue weighted by Gasteiger charge is 2.32. The second-order valence-corrected chi connectivity index (χ2v) is 9.52. The first-order valence-electron chi connectivity index (χ1n) is 12.5. The molecule has 0 spiro atoms. The van der Waals surface area contributed by atoms with Gasteiger partial charge in [0.05, 0.1) is 13.5 Å². The molecule has 6 heteroatoms. The number of para-hydroxylation sites is 1. The zero-order chi connectivity index (χ0) is 24.1. The van der Waals surface area contributed by atoms with Crippen LogP contribution in [0, 0.1) is 0 Å². The minimum Gasteiger partial charge on any atom is -0.497 e. The molecule has 0 aromatic heterocycles. The highest BCUT2D eigenvalue weighted by Crippen LogP contribution is 2.30. The lowest BCUT2D eigenvalue weighted by Gasteiger charge is -2.42. The number of amides is 2. The Balaban J connectivity index is 1.67. The van der Waals surface area contributed by atoms with Crippen molar-refractivity contribution in [3.8, 4) is 5.75 Å². The quantitative estimate of drug-likeness (QED) is 0.680. The minimum atomic E-state index is 0.114. The molecule has 2 atom stereocenters. The third-order valence-electron chi connectivity index (χ3n) is 7.46. The van der Waals surface area contributed by atoms with Gasteiger partial charge in [-0.3, -0.25) is 14.5 Å². The number of carbonyl (C=O) groups is 2. The molecule has 2 aliphatic rings. The van der Waals surface area contributed by atoms with Gasteiger partial charge in [0, 0.05) is 43.8 Å². The number of likely N-dealkylation sites (N-methyl/N-ethyl adjacent to an activating group) is 1. The Morgan fingerprint density at radius 2 is 1.71 bits per heavy atom. The van der Waals surface area contributed by atoms with Crippen molar-refractivity contribution in [1.82, 2.24) is 9.80 Å². The van der Waals surface area contributed by atoms with E-state index >= 15 is 0 Å². The van der Waals surface area contributed by atoms with Crippen LogP contribution in [0.3, 0.4) is 0 Å². The number of benzene rings is 2. The average molecular weight is 464 g/mol. The van der Waals surface area contributed by atoms with Crippen LogP contribution in [0.5, 0.6) is 5.75 Å². The van der Waals surface area contributed by atoms with E-state index < -0.39 is 0 Å². The van der Waals surface area contributed by atoms with Crippen LogP contribution < -0.4 is 9.64 Å². The fourth-order valence-electron chi connectivity index (χ4n) is 5.36. The van der Waals surface area contributed by atoms with Crippen LogP contribution in [0.25, 0.3) is 0 Å². The van der Waals surface area contributed by atoms with Crippen LogP contribution in [-0.4, -0.2) is 60.9 Å². The molecule has 0 aliphatic carbocycles. The molecule has 2 unspecified atom stereocenters. The van der Waals surface area contributed by atoms with E-state index in [4.69, 9.17) is 4.74 Å². The van der Waals surface area contributed by atoms with Crippen LogP contribution in [0.1, 0.15) is 50.2 Å². The number of piperidine rings is 1. The maximum Gasteiger partial charge on any atom is 0.227 e. The van der Waals surface area contributed by atoms with Crippen LogP contribution in [-0.2, 0) is 22.6 Å². The van der Waals surface area contributed by atoms with Crippen molar-refractivity contribution in [2.45, 2.75) is 64.1 Å². The highest BCUT2D eigenvalue weighted by atomic mass is 16.5. The molecule has 182 valence electrons. The molecule has 2 aromatic carbocycles. The van der Waals surface area contributed by atoms with Crippen LogP contribution in [0.15, 0.2) is 48.5 Å². The number of rotatable bonds is 4. The first-order chi connectivity index (χ1) is 16.5. The molecule has 2 heterocycles. The Morgan fingerprint density at radius 3 is 2.44 bits per heavy atom. The van der Waals surface area contributed by atoms with Gasteiger partial charge < -0.3 is 14.5 Å². The van der Waals surface area contributed by atoms with E-state index in [1.807, 2.05) is 59.2 Å². The Hall–Kier alpha value is -2.86. The number of fused-ring (bicyclic) bond motifs is 3. The largest absolute Gasteiger partial charge is 0.497 e. The molecular weight excluding hydrogens is 426 g/mol. The standard InChI is InChI=1S/C28H37N3O3/c1-4-27(32)31-17-16-23-9-7-10-24(29(23)2)20-30(19-22-8-5-6-11-26(22)31)28(33)18-21-12-14-25(34-3)15-13-21/h5-6,8,11-15,23-24H,4,7,9-10,16-20H2,1-3H3. The van der Waals surface area contributed by atoms with E-state index in [0.717, 1.165) is 48.2 Å². The molecule has 2 aromatic rings. The lowest BCUT2D eigenvalue weighted by atomic mass is 9.93. The first kappa shape index (κ1) is 24.3. The molecule has 6 nitrogen and oxygen atoms in total. The number of anilines is 1. The molecule has 2 bridgehead atoms. The summed E-state index contributed by atoms with van der Waals surface area (Å²) in [5.74, 6) is 1.04. The summed E-state index contributed by atoms with van der Waals surface area (Å²) < 4.78 is 5.26. The summed E-state index contributed by atoms with van der Waals surface area (Å²) in [6, 6.07) is 16.6. The minimum absolute atomic E-state index is 0.114. The molecule has 4 rings (SSSR count). The average Bonchev–Trinajstić information content (AvgIpc) is 2.87. The van der Waals surface area contributed by atoms with Crippen molar-refractivity contribution >= 4 is 17.5 Å². The number of ether oxygens (including phenoxy) is 1. The SMILES string of the molecule is CCC(=O)N1CCC2CCCC(CN(C(=O)Cc3ccc(OC)cc3)Cc3ccccc31)N2C. The lowest BCUT2D eigenvalue weighted by Crippen LogP contribution is -2.51. The molecule has 2 aliphatic heterocycles. The van der Waals surface area contributed by atoms with E-state index in [-0.39, 0.29) is 11.8 Å². The van der Waals surface area contributed by atoms with E-state index in [9.17, 15) is 9.59 Å². The van der Waals surface area contributed by atoms with Gasteiger partial charge in [-0.2, -0.15) is 0 Å². The maximum absolute atomic E-state index is 13.6. The molecular formula is C28H37N3O3. The highest BCUT2D eigenvalue weighted by molar-refractivity contribution is 5.94. The topological polar surface area (TPSA) is 53.1 Å². The van der Waals surface area contributed by atoms with Crippen LogP contribution in [0.2, 0.25) is 0 Å². The Kier molecular flexibility index (Phi) is 7.88. The van der Waals surface area contributed by atoms with E-state index in [2.05, 4.69) is 18.0 Å². The molecule has 2 amide bonds. The number of hydrogen-bond acceptors (Lipinski definition) is 4. The van der Waals surface area contributed by atoms with Gasteiger partial charge in [0.2, 0.25) is 11.8 Å². The fourth-order valence-corrected chi connectivity index (χ4v) is 5.36. The molecule has 34 heavy (non-hydrogen) atoms. The van der Waals surface area contributed by atoms with Gasteiger partial charge >= 0.3 is 0 Å². The Bertz CT molecular complexity index is 991. The molecule has 0 saturated carbocycles. The van der Waals surface area contributed by atoms with Crippen molar-refractivity contribution in [2.75, 3.05) is 32.1 Å². The van der Waals surface area contributed by atoms with Gasteiger partial charge in [0.25, 0.3) is 0 Å². The summed E-state index contributed by atoms with van der Waals surface area (Å²) in [7, 11) is 3.84. The van der Waals surface area contributed by atoms with Gasteiger partial charge in [0.15, 0.2) is 0 Å². The lowest BCUT2D eigenvalue weighted by molar-refractivity contribution is -0.132.